The van der Waals surface area contributed by atoms with E-state index in [2.05, 4.69) is 10.3 Å². The van der Waals surface area contributed by atoms with Gasteiger partial charge in [-0.3, -0.25) is 4.79 Å². The van der Waals surface area contributed by atoms with Crippen LogP contribution < -0.4 is 14.8 Å². The molecule has 1 unspecified atom stereocenters. The topological polar surface area (TPSA) is 60.5 Å². The maximum Gasteiger partial charge on any atom is 0.252 e. The van der Waals surface area contributed by atoms with E-state index in [4.69, 9.17) is 9.47 Å². The van der Waals surface area contributed by atoms with Crippen molar-refractivity contribution in [2.75, 3.05) is 14.2 Å². The van der Waals surface area contributed by atoms with Crippen molar-refractivity contribution in [2.24, 2.45) is 0 Å². The lowest BCUT2D eigenvalue weighted by atomic mass is 9.87. The first kappa shape index (κ1) is 19.9. The van der Waals surface area contributed by atoms with Gasteiger partial charge in [0.25, 0.3) is 5.91 Å². The highest BCUT2D eigenvalue weighted by molar-refractivity contribution is 5.97. The van der Waals surface area contributed by atoms with Crippen molar-refractivity contribution in [1.82, 2.24) is 10.3 Å². The monoisotopic (exact) mass is 406 g/mol. The maximum absolute atomic E-state index is 13.9. The van der Waals surface area contributed by atoms with E-state index < -0.39 is 5.82 Å². The molecule has 5 nitrogen and oxygen atoms in total. The largest absolute Gasteiger partial charge is 0.496 e. The van der Waals surface area contributed by atoms with Crippen LogP contribution in [-0.4, -0.2) is 25.1 Å². The van der Waals surface area contributed by atoms with Gasteiger partial charge in [-0.05, 0) is 61.2 Å². The number of carbonyl (C=O) groups is 1. The second kappa shape index (κ2) is 7.78. The number of aromatic nitrogens is 1. The number of fused-ring (bicyclic) bond motifs is 1. The minimum Gasteiger partial charge on any atom is -0.496 e. The number of nitrogens with zero attached hydrogens (tertiary/aromatic N) is 1. The van der Waals surface area contributed by atoms with Gasteiger partial charge in [0.15, 0.2) is 0 Å². The van der Waals surface area contributed by atoms with Gasteiger partial charge in [-0.2, -0.15) is 0 Å². The van der Waals surface area contributed by atoms with Gasteiger partial charge in [0.2, 0.25) is 5.88 Å². The minimum atomic E-state index is -0.448. The molecule has 6 heteroatoms. The highest BCUT2D eigenvalue weighted by Gasteiger charge is 2.28. The van der Waals surface area contributed by atoms with Crippen LogP contribution >= 0.6 is 0 Å². The summed E-state index contributed by atoms with van der Waals surface area (Å²) in [6.45, 7) is 3.89. The molecule has 2 heterocycles. The molecule has 0 fully saturated rings. The number of benzene rings is 2. The summed E-state index contributed by atoms with van der Waals surface area (Å²) in [5, 5.41) is 3.10. The quantitative estimate of drug-likeness (QED) is 0.691. The fourth-order valence-corrected chi connectivity index (χ4v) is 4.06. The van der Waals surface area contributed by atoms with E-state index in [0.717, 1.165) is 34.0 Å². The third kappa shape index (κ3) is 3.49. The molecule has 30 heavy (non-hydrogen) atoms. The Bertz CT molecular complexity index is 1140. The molecule has 154 valence electrons. The molecule has 1 aromatic heterocycles. The Labute approximate surface area is 174 Å². The second-order valence-corrected chi connectivity index (χ2v) is 7.52. The zero-order valence-corrected chi connectivity index (χ0v) is 17.4. The van der Waals surface area contributed by atoms with E-state index in [9.17, 15) is 9.18 Å². The molecule has 0 radical (unpaired) electrons. The molecule has 0 bridgehead atoms. The second-order valence-electron chi connectivity index (χ2n) is 7.52. The predicted molar refractivity (Wildman–Crippen MR) is 113 cm³/mol. The fourth-order valence-electron chi connectivity index (χ4n) is 4.06. The third-order valence-electron chi connectivity index (χ3n) is 5.44. The molecule has 0 spiro atoms. The average Bonchev–Trinajstić information content (AvgIpc) is 2.73. The van der Waals surface area contributed by atoms with Crippen LogP contribution in [0.25, 0.3) is 11.1 Å². The Balaban J connectivity index is 1.84. The number of carbonyl (C=O) groups excluding carboxylic acids is 1. The Morgan fingerprint density at radius 1 is 1.07 bits per heavy atom. The van der Waals surface area contributed by atoms with Crippen molar-refractivity contribution < 1.29 is 18.7 Å². The van der Waals surface area contributed by atoms with E-state index in [1.54, 1.807) is 7.11 Å². The predicted octanol–water partition coefficient (Wildman–Crippen LogP) is 4.55. The lowest BCUT2D eigenvalue weighted by Crippen LogP contribution is -2.35. The van der Waals surface area contributed by atoms with Crippen molar-refractivity contribution in [3.05, 3.63) is 76.2 Å². The van der Waals surface area contributed by atoms with E-state index in [1.807, 2.05) is 44.2 Å². The molecule has 3 aromatic rings. The summed E-state index contributed by atoms with van der Waals surface area (Å²) in [7, 11) is 3.11. The van der Waals surface area contributed by atoms with Gasteiger partial charge in [-0.1, -0.05) is 17.7 Å². The molecular weight excluding hydrogens is 383 g/mol. The number of hydrogen-bond acceptors (Lipinski definition) is 4. The molecule has 1 N–H and O–H groups in total. The van der Waals surface area contributed by atoms with Crippen LogP contribution in [-0.2, 0) is 6.42 Å². The number of hydrogen-bond donors (Lipinski definition) is 1. The molecule has 1 atom stereocenters. The summed E-state index contributed by atoms with van der Waals surface area (Å²) in [6, 6.07) is 10.9. The Hall–Kier alpha value is -3.41. The van der Waals surface area contributed by atoms with Crippen molar-refractivity contribution in [3.63, 3.8) is 0 Å². The Morgan fingerprint density at radius 2 is 1.87 bits per heavy atom. The maximum atomic E-state index is 13.9. The molecule has 1 aliphatic rings. The van der Waals surface area contributed by atoms with E-state index in [-0.39, 0.29) is 11.9 Å². The average molecular weight is 406 g/mol. The first-order valence-corrected chi connectivity index (χ1v) is 9.70. The van der Waals surface area contributed by atoms with Gasteiger partial charge in [0, 0.05) is 16.7 Å². The highest BCUT2D eigenvalue weighted by Crippen LogP contribution is 2.39. The van der Waals surface area contributed by atoms with Gasteiger partial charge in [0.1, 0.15) is 11.6 Å². The number of nitrogens with one attached hydrogen (secondary N) is 1. The van der Waals surface area contributed by atoms with Gasteiger partial charge in [-0.25, -0.2) is 9.37 Å². The SMILES string of the molecule is COc1ncc(F)cc1-c1cc(C)c(OC)c(C2Cc3ccc(C)cc3C(=O)N2)c1. The molecule has 1 aliphatic heterocycles. The molecule has 0 saturated heterocycles. The standard InChI is InChI=1S/C24H23FN2O3/c1-13-5-6-15-10-21(27-23(28)18(15)7-13)20-9-16(8-14(2)22(20)29-3)19-11-17(25)12-26-24(19)30-4/h5-9,11-12,21H,10H2,1-4H3,(H,27,28). The fraction of sp³-hybridized carbons (Fsp3) is 0.250. The molecule has 0 aliphatic carbocycles. The summed E-state index contributed by atoms with van der Waals surface area (Å²) >= 11 is 0. The van der Waals surface area contributed by atoms with Crippen LogP contribution in [0, 0.1) is 19.7 Å². The first-order chi connectivity index (χ1) is 14.4. The number of methoxy groups -OCH3 is 2. The number of aryl methyl sites for hydroxylation is 2. The van der Waals surface area contributed by atoms with Crippen LogP contribution in [0.1, 0.15) is 38.7 Å². The normalized spacial score (nSPS) is 15.4. The number of ether oxygens (including phenoxy) is 2. The van der Waals surface area contributed by atoms with Crippen LogP contribution in [0.2, 0.25) is 0 Å². The molecule has 2 aromatic carbocycles. The highest BCUT2D eigenvalue weighted by atomic mass is 19.1. The smallest absolute Gasteiger partial charge is 0.252 e. The zero-order valence-electron chi connectivity index (χ0n) is 17.4. The zero-order chi connectivity index (χ0) is 21.4. The first-order valence-electron chi connectivity index (χ1n) is 9.70. The Kier molecular flexibility index (Phi) is 5.16. The summed E-state index contributed by atoms with van der Waals surface area (Å²) in [5.41, 5.74) is 5.74. The minimum absolute atomic E-state index is 0.111. The van der Waals surface area contributed by atoms with Crippen molar-refractivity contribution in [3.8, 4) is 22.8 Å². The summed E-state index contributed by atoms with van der Waals surface area (Å²) < 4.78 is 24.9. The molecular formula is C24H23FN2O3. The third-order valence-corrected chi connectivity index (χ3v) is 5.44. The number of pyridine rings is 1. The van der Waals surface area contributed by atoms with E-state index in [1.165, 1.54) is 13.2 Å². The lowest BCUT2D eigenvalue weighted by Gasteiger charge is -2.28. The van der Waals surface area contributed by atoms with Crippen LogP contribution in [0.15, 0.2) is 42.6 Å². The number of amides is 1. The summed E-state index contributed by atoms with van der Waals surface area (Å²) in [6.07, 6.45) is 1.76. The van der Waals surface area contributed by atoms with Gasteiger partial charge >= 0.3 is 0 Å². The number of rotatable bonds is 4. The van der Waals surface area contributed by atoms with Crippen LogP contribution in [0.4, 0.5) is 4.39 Å². The molecule has 4 rings (SSSR count). The van der Waals surface area contributed by atoms with E-state index in [0.29, 0.717) is 29.2 Å². The van der Waals surface area contributed by atoms with E-state index >= 15 is 0 Å². The molecule has 1 amide bonds. The van der Waals surface area contributed by atoms with Gasteiger partial charge in [-0.15, -0.1) is 0 Å². The summed E-state index contributed by atoms with van der Waals surface area (Å²) in [4.78, 5) is 16.8. The van der Waals surface area contributed by atoms with Crippen LogP contribution in [0.3, 0.4) is 0 Å². The lowest BCUT2D eigenvalue weighted by molar-refractivity contribution is 0.0924. The Morgan fingerprint density at radius 3 is 2.60 bits per heavy atom. The van der Waals surface area contributed by atoms with Crippen LogP contribution in [0.5, 0.6) is 11.6 Å². The summed E-state index contributed by atoms with van der Waals surface area (Å²) in [5.74, 6) is 0.472. The van der Waals surface area contributed by atoms with Crippen molar-refractivity contribution in [1.29, 1.82) is 0 Å². The van der Waals surface area contributed by atoms with Gasteiger partial charge < -0.3 is 14.8 Å². The number of halogens is 1. The van der Waals surface area contributed by atoms with Crippen molar-refractivity contribution in [2.45, 2.75) is 26.3 Å². The molecule has 0 saturated carbocycles. The van der Waals surface area contributed by atoms with Gasteiger partial charge in [0.05, 0.1) is 26.5 Å². The van der Waals surface area contributed by atoms with Crippen molar-refractivity contribution >= 4 is 5.91 Å².